The van der Waals surface area contributed by atoms with Gasteiger partial charge in [0.2, 0.25) is 0 Å². The van der Waals surface area contributed by atoms with Gasteiger partial charge in [0.15, 0.2) is 6.17 Å². The summed E-state index contributed by atoms with van der Waals surface area (Å²) in [5, 5.41) is 19.2. The van der Waals surface area contributed by atoms with Crippen molar-refractivity contribution in [1.29, 1.82) is 0 Å². The fraction of sp³-hybridized carbons (Fsp3) is 0.500. The van der Waals surface area contributed by atoms with Crippen LogP contribution in [0.1, 0.15) is 0 Å². The summed E-state index contributed by atoms with van der Waals surface area (Å²) in [5.74, 6) is -2.61. The van der Waals surface area contributed by atoms with E-state index in [9.17, 15) is 13.9 Å². The lowest BCUT2D eigenvalue weighted by Crippen LogP contribution is -2.39. The van der Waals surface area contributed by atoms with Gasteiger partial charge in [-0.2, -0.15) is 0 Å². The van der Waals surface area contributed by atoms with Crippen molar-refractivity contribution >= 4 is 16.9 Å². The molecule has 0 saturated carbocycles. The number of nitrogens with two attached hydrogens (primary N) is 1. The Kier molecular flexibility index (Phi) is 3.27. The highest BCUT2D eigenvalue weighted by Gasteiger charge is 2.56. The Bertz CT molecular complexity index is 667. The SMILES string of the molecule is Nc1ncnc2c1ccn2C[C@@H]1O[C@](F)(CO)[C@@H](F)[C@H]1O. The number of alkyl halides is 2. The number of halogens is 2. The number of aromatic nitrogens is 3. The summed E-state index contributed by atoms with van der Waals surface area (Å²) in [5.41, 5.74) is 6.16. The topological polar surface area (TPSA) is 106 Å². The minimum Gasteiger partial charge on any atom is -0.390 e. The zero-order chi connectivity index (χ0) is 15.2. The summed E-state index contributed by atoms with van der Waals surface area (Å²) < 4.78 is 33.9. The zero-order valence-corrected chi connectivity index (χ0v) is 10.9. The van der Waals surface area contributed by atoms with Gasteiger partial charge in [-0.3, -0.25) is 0 Å². The zero-order valence-electron chi connectivity index (χ0n) is 10.9. The molecule has 0 unspecified atom stereocenters. The van der Waals surface area contributed by atoms with Gasteiger partial charge < -0.3 is 25.3 Å². The largest absolute Gasteiger partial charge is 0.390 e. The fourth-order valence-electron chi connectivity index (χ4n) is 2.46. The molecule has 1 fully saturated rings. The van der Waals surface area contributed by atoms with E-state index >= 15 is 0 Å². The predicted octanol–water partition coefficient (Wildman–Crippen LogP) is -0.231. The fourth-order valence-corrected chi connectivity index (χ4v) is 2.46. The number of fused-ring (bicyclic) bond motifs is 1. The molecule has 0 aromatic carbocycles. The van der Waals surface area contributed by atoms with Gasteiger partial charge in [0.1, 0.15) is 36.6 Å². The highest BCUT2D eigenvalue weighted by atomic mass is 19.2. The average molecular weight is 300 g/mol. The lowest BCUT2D eigenvalue weighted by Gasteiger charge is -2.18. The molecule has 21 heavy (non-hydrogen) atoms. The van der Waals surface area contributed by atoms with Crippen molar-refractivity contribution in [1.82, 2.24) is 14.5 Å². The highest BCUT2D eigenvalue weighted by Crippen LogP contribution is 2.35. The first-order valence-electron chi connectivity index (χ1n) is 6.31. The van der Waals surface area contributed by atoms with Crippen LogP contribution in [0.3, 0.4) is 0 Å². The third-order valence-corrected chi connectivity index (χ3v) is 3.62. The smallest absolute Gasteiger partial charge is 0.267 e. The van der Waals surface area contributed by atoms with Crippen molar-refractivity contribution < 1.29 is 23.7 Å². The molecule has 3 heterocycles. The molecule has 0 radical (unpaired) electrons. The number of hydrogen-bond donors (Lipinski definition) is 3. The number of anilines is 1. The number of aliphatic hydroxyl groups is 2. The van der Waals surface area contributed by atoms with Crippen LogP contribution < -0.4 is 5.73 Å². The molecule has 0 spiro atoms. The molecule has 4 N–H and O–H groups in total. The highest BCUT2D eigenvalue weighted by molar-refractivity contribution is 5.85. The van der Waals surface area contributed by atoms with Crippen molar-refractivity contribution in [2.45, 2.75) is 30.8 Å². The molecule has 1 aliphatic heterocycles. The van der Waals surface area contributed by atoms with Crippen LogP contribution >= 0.6 is 0 Å². The van der Waals surface area contributed by atoms with E-state index in [4.69, 9.17) is 15.6 Å². The van der Waals surface area contributed by atoms with Gasteiger partial charge in [-0.1, -0.05) is 0 Å². The molecule has 0 aliphatic carbocycles. The van der Waals surface area contributed by atoms with Crippen molar-refractivity contribution in [3.63, 3.8) is 0 Å². The maximum atomic E-state index is 13.9. The number of ether oxygens (including phenoxy) is 1. The van der Waals surface area contributed by atoms with E-state index in [1.54, 1.807) is 16.8 Å². The van der Waals surface area contributed by atoms with Crippen LogP contribution in [-0.2, 0) is 11.3 Å². The van der Waals surface area contributed by atoms with Crippen molar-refractivity contribution in [2.75, 3.05) is 12.3 Å². The van der Waals surface area contributed by atoms with Crippen LogP contribution in [-0.4, -0.2) is 55.6 Å². The van der Waals surface area contributed by atoms with Crippen LogP contribution in [0.2, 0.25) is 0 Å². The summed E-state index contributed by atoms with van der Waals surface area (Å²) >= 11 is 0. The minimum absolute atomic E-state index is 0.0345. The van der Waals surface area contributed by atoms with E-state index in [2.05, 4.69) is 9.97 Å². The number of nitrogens with zero attached hydrogens (tertiary/aromatic N) is 3. The van der Waals surface area contributed by atoms with Crippen molar-refractivity contribution in [2.24, 2.45) is 0 Å². The average Bonchev–Trinajstić information content (AvgIpc) is 2.97. The second-order valence-corrected chi connectivity index (χ2v) is 4.96. The van der Waals surface area contributed by atoms with Crippen LogP contribution in [0.25, 0.3) is 11.0 Å². The monoisotopic (exact) mass is 300 g/mol. The molecule has 1 saturated heterocycles. The first-order chi connectivity index (χ1) is 9.96. The molecule has 0 amide bonds. The Morgan fingerprint density at radius 2 is 2.24 bits per heavy atom. The number of hydrogen-bond acceptors (Lipinski definition) is 6. The van der Waals surface area contributed by atoms with Gasteiger partial charge in [0.05, 0.1) is 11.9 Å². The third kappa shape index (κ3) is 2.13. The molecule has 114 valence electrons. The summed E-state index contributed by atoms with van der Waals surface area (Å²) in [6, 6.07) is 1.66. The summed E-state index contributed by atoms with van der Waals surface area (Å²) in [6.45, 7) is -1.20. The number of aliphatic hydroxyl groups excluding tert-OH is 2. The minimum atomic E-state index is -2.89. The first-order valence-corrected chi connectivity index (χ1v) is 6.31. The quantitative estimate of drug-likeness (QED) is 0.723. The van der Waals surface area contributed by atoms with Gasteiger partial charge >= 0.3 is 0 Å². The van der Waals surface area contributed by atoms with Crippen LogP contribution in [0, 0.1) is 0 Å². The Balaban J connectivity index is 1.88. The predicted molar refractivity (Wildman–Crippen MR) is 68.6 cm³/mol. The maximum Gasteiger partial charge on any atom is 0.267 e. The molecular formula is C12H14F2N4O3. The Labute approximate surface area is 118 Å². The van der Waals surface area contributed by atoms with E-state index < -0.39 is 30.8 Å². The van der Waals surface area contributed by atoms with Crippen LogP contribution in [0.5, 0.6) is 0 Å². The van der Waals surface area contributed by atoms with Gasteiger partial charge in [-0.15, -0.1) is 0 Å². The van der Waals surface area contributed by atoms with E-state index in [0.29, 0.717) is 11.0 Å². The van der Waals surface area contributed by atoms with Crippen LogP contribution in [0.15, 0.2) is 18.6 Å². The molecule has 0 bridgehead atoms. The maximum absolute atomic E-state index is 13.9. The van der Waals surface area contributed by atoms with Gasteiger partial charge in [-0.25, -0.2) is 18.7 Å². The number of nitrogen functional groups attached to an aromatic ring is 1. The molecule has 9 heteroatoms. The first kappa shape index (κ1) is 14.1. The molecular weight excluding hydrogens is 286 g/mol. The Morgan fingerprint density at radius 1 is 1.48 bits per heavy atom. The second kappa shape index (κ2) is 4.86. The molecule has 7 nitrogen and oxygen atoms in total. The molecule has 3 rings (SSSR count). The molecule has 1 aliphatic rings. The molecule has 4 atom stereocenters. The van der Waals surface area contributed by atoms with E-state index in [1.165, 1.54) is 6.33 Å². The van der Waals surface area contributed by atoms with E-state index in [0.717, 1.165) is 0 Å². The summed E-state index contributed by atoms with van der Waals surface area (Å²) in [4.78, 5) is 7.88. The summed E-state index contributed by atoms with van der Waals surface area (Å²) in [7, 11) is 0. The van der Waals surface area contributed by atoms with Crippen molar-refractivity contribution in [3.8, 4) is 0 Å². The second-order valence-electron chi connectivity index (χ2n) is 4.96. The Hall–Kier alpha value is -1.84. The van der Waals surface area contributed by atoms with Crippen molar-refractivity contribution in [3.05, 3.63) is 18.6 Å². The molecule has 2 aromatic heterocycles. The van der Waals surface area contributed by atoms with Gasteiger partial charge in [0.25, 0.3) is 5.85 Å². The van der Waals surface area contributed by atoms with E-state index in [1.807, 2.05) is 0 Å². The normalized spacial score (nSPS) is 32.9. The molecule has 2 aromatic rings. The van der Waals surface area contributed by atoms with Crippen LogP contribution in [0.4, 0.5) is 14.6 Å². The Morgan fingerprint density at radius 3 is 2.90 bits per heavy atom. The third-order valence-electron chi connectivity index (χ3n) is 3.62. The lowest BCUT2D eigenvalue weighted by molar-refractivity contribution is -0.183. The summed E-state index contributed by atoms with van der Waals surface area (Å²) in [6.07, 6.45) is -2.27. The van der Waals surface area contributed by atoms with E-state index in [-0.39, 0.29) is 12.4 Å². The van der Waals surface area contributed by atoms with Gasteiger partial charge in [0, 0.05) is 6.20 Å². The lowest BCUT2D eigenvalue weighted by atomic mass is 10.1. The van der Waals surface area contributed by atoms with Gasteiger partial charge in [-0.05, 0) is 6.07 Å². The number of rotatable bonds is 3. The standard InChI is InChI=1S/C12H14F2N4O3/c13-9-8(20)7(21-12(9,14)4-19)3-18-2-1-6-10(15)16-5-17-11(6)18/h1-2,5,7-9,19-20H,3-4H2,(H2,15,16,17)/t7-,8-,9-,12+/m0/s1.